The molecule has 96 valence electrons. The second-order valence-electron chi connectivity index (χ2n) is 5.84. The Balaban J connectivity index is 2.08. The maximum atomic E-state index is 12.8. The van der Waals surface area contributed by atoms with Crippen LogP contribution in [0.2, 0.25) is 0 Å². The van der Waals surface area contributed by atoms with Crippen molar-refractivity contribution in [1.29, 1.82) is 0 Å². The van der Waals surface area contributed by atoms with E-state index in [-0.39, 0.29) is 5.41 Å². The van der Waals surface area contributed by atoms with Gasteiger partial charge >= 0.3 is 0 Å². The Labute approximate surface area is 108 Å². The summed E-state index contributed by atoms with van der Waals surface area (Å²) >= 11 is 0. The van der Waals surface area contributed by atoms with E-state index in [0.29, 0.717) is 11.8 Å². The molecule has 1 saturated heterocycles. The minimum atomic E-state index is -0.286. The molecule has 3 nitrogen and oxygen atoms in total. The van der Waals surface area contributed by atoms with Crippen LogP contribution >= 0.6 is 0 Å². The Kier molecular flexibility index (Phi) is 2.67. The van der Waals surface area contributed by atoms with Gasteiger partial charge in [-0.3, -0.25) is 4.79 Å². The summed E-state index contributed by atoms with van der Waals surface area (Å²) < 4.78 is 0. The Morgan fingerprint density at radius 2 is 2.17 bits per heavy atom. The van der Waals surface area contributed by atoms with E-state index in [9.17, 15) is 4.79 Å². The Bertz CT molecular complexity index is 475. The summed E-state index contributed by atoms with van der Waals surface area (Å²) in [5, 5.41) is 3.35. The van der Waals surface area contributed by atoms with Gasteiger partial charge in [0.25, 0.3) is 0 Å². The van der Waals surface area contributed by atoms with Crippen molar-refractivity contribution in [3.63, 3.8) is 0 Å². The first-order valence-electron chi connectivity index (χ1n) is 6.77. The Morgan fingerprint density at radius 3 is 2.83 bits per heavy atom. The van der Waals surface area contributed by atoms with Crippen LogP contribution in [0.5, 0.6) is 0 Å². The molecule has 3 heteroatoms. The smallest absolute Gasteiger partial charge is 0.239 e. The van der Waals surface area contributed by atoms with Crippen LogP contribution in [0.15, 0.2) is 24.3 Å². The summed E-state index contributed by atoms with van der Waals surface area (Å²) in [4.78, 5) is 14.8. The van der Waals surface area contributed by atoms with Gasteiger partial charge in [0.15, 0.2) is 0 Å². The van der Waals surface area contributed by atoms with Gasteiger partial charge in [-0.1, -0.05) is 32.0 Å². The molecule has 0 bridgehead atoms. The average molecular weight is 244 g/mol. The molecule has 0 radical (unpaired) electrons. The van der Waals surface area contributed by atoms with Crippen LogP contribution in [0.1, 0.15) is 25.8 Å². The van der Waals surface area contributed by atoms with Gasteiger partial charge in [0.1, 0.15) is 0 Å². The third kappa shape index (κ3) is 1.50. The summed E-state index contributed by atoms with van der Waals surface area (Å²) in [5.74, 6) is 0.786. The molecule has 1 aromatic carbocycles. The van der Waals surface area contributed by atoms with Gasteiger partial charge in [-0.05, 0) is 30.5 Å². The van der Waals surface area contributed by atoms with Gasteiger partial charge in [0.05, 0.1) is 5.41 Å². The zero-order valence-corrected chi connectivity index (χ0v) is 11.1. The molecule has 0 saturated carbocycles. The van der Waals surface area contributed by atoms with Gasteiger partial charge in [0, 0.05) is 18.8 Å². The molecule has 0 aromatic heterocycles. The molecule has 2 heterocycles. The number of anilines is 1. The third-order valence-corrected chi connectivity index (χ3v) is 4.07. The first-order chi connectivity index (χ1) is 8.65. The summed E-state index contributed by atoms with van der Waals surface area (Å²) in [6, 6.07) is 8.29. The summed E-state index contributed by atoms with van der Waals surface area (Å²) in [7, 11) is 0. The summed E-state index contributed by atoms with van der Waals surface area (Å²) in [6.45, 7) is 6.87. The number of amides is 1. The van der Waals surface area contributed by atoms with E-state index in [4.69, 9.17) is 0 Å². The van der Waals surface area contributed by atoms with Gasteiger partial charge in [-0.15, -0.1) is 0 Å². The first kappa shape index (κ1) is 11.7. The molecule has 2 aliphatic heterocycles. The van der Waals surface area contributed by atoms with E-state index in [2.05, 4.69) is 31.3 Å². The van der Waals surface area contributed by atoms with E-state index in [1.807, 2.05) is 17.0 Å². The highest BCUT2D eigenvalue weighted by Crippen LogP contribution is 2.45. The number of hydrogen-bond acceptors (Lipinski definition) is 2. The fraction of sp³-hybridized carbons (Fsp3) is 0.533. The van der Waals surface area contributed by atoms with E-state index in [1.165, 1.54) is 5.56 Å². The van der Waals surface area contributed by atoms with Crippen LogP contribution in [-0.4, -0.2) is 25.5 Å². The van der Waals surface area contributed by atoms with Crippen molar-refractivity contribution in [2.45, 2.75) is 25.7 Å². The van der Waals surface area contributed by atoms with Gasteiger partial charge in [-0.2, -0.15) is 0 Å². The summed E-state index contributed by atoms with van der Waals surface area (Å²) in [6.07, 6.45) is 0.928. The maximum absolute atomic E-state index is 12.8. The zero-order valence-electron chi connectivity index (χ0n) is 11.1. The molecule has 1 aromatic rings. The minimum Gasteiger partial charge on any atom is -0.315 e. The standard InChI is InChI=1S/C15H20N2O/c1-11(2)9-17-13-6-4-3-5-12(13)15(14(17)18)7-8-16-10-15/h3-6,11,16H,7-10H2,1-2H3. The number of fused-ring (bicyclic) bond motifs is 2. The quantitative estimate of drug-likeness (QED) is 0.862. The topological polar surface area (TPSA) is 32.3 Å². The second-order valence-corrected chi connectivity index (χ2v) is 5.84. The van der Waals surface area contributed by atoms with Crippen molar-refractivity contribution < 1.29 is 4.79 Å². The predicted octanol–water partition coefficient (Wildman–Crippen LogP) is 1.92. The molecule has 1 N–H and O–H groups in total. The maximum Gasteiger partial charge on any atom is 0.239 e. The van der Waals surface area contributed by atoms with Crippen molar-refractivity contribution in [3.05, 3.63) is 29.8 Å². The highest BCUT2D eigenvalue weighted by atomic mass is 16.2. The van der Waals surface area contributed by atoms with E-state index in [1.54, 1.807) is 0 Å². The Hall–Kier alpha value is -1.35. The number of nitrogens with zero attached hydrogens (tertiary/aromatic N) is 1. The number of benzene rings is 1. The van der Waals surface area contributed by atoms with Gasteiger partial charge < -0.3 is 10.2 Å². The van der Waals surface area contributed by atoms with Gasteiger partial charge in [-0.25, -0.2) is 0 Å². The molecule has 0 aliphatic carbocycles. The molecular formula is C15H20N2O. The Morgan fingerprint density at radius 1 is 1.39 bits per heavy atom. The normalized spacial score (nSPS) is 26.4. The minimum absolute atomic E-state index is 0.286. The van der Waals surface area contributed by atoms with Crippen molar-refractivity contribution in [3.8, 4) is 0 Å². The van der Waals surface area contributed by atoms with Crippen LogP contribution in [0.4, 0.5) is 5.69 Å². The number of nitrogens with one attached hydrogen (secondary N) is 1. The van der Waals surface area contributed by atoms with Crippen molar-refractivity contribution in [1.82, 2.24) is 5.32 Å². The van der Waals surface area contributed by atoms with Crippen molar-refractivity contribution in [2.24, 2.45) is 5.92 Å². The highest BCUT2D eigenvalue weighted by molar-refractivity contribution is 6.08. The number of para-hydroxylation sites is 1. The number of carbonyl (C=O) groups is 1. The van der Waals surface area contributed by atoms with Crippen LogP contribution in [-0.2, 0) is 10.2 Å². The first-order valence-corrected chi connectivity index (χ1v) is 6.77. The predicted molar refractivity (Wildman–Crippen MR) is 72.8 cm³/mol. The molecular weight excluding hydrogens is 224 g/mol. The lowest BCUT2D eigenvalue weighted by atomic mass is 9.81. The van der Waals surface area contributed by atoms with Crippen LogP contribution in [0.25, 0.3) is 0 Å². The number of rotatable bonds is 2. The molecule has 1 fully saturated rings. The van der Waals surface area contributed by atoms with Gasteiger partial charge in [0.2, 0.25) is 5.91 Å². The van der Waals surface area contributed by atoms with Crippen LogP contribution in [0.3, 0.4) is 0 Å². The molecule has 18 heavy (non-hydrogen) atoms. The lowest BCUT2D eigenvalue weighted by Crippen LogP contribution is -2.43. The molecule has 1 atom stereocenters. The fourth-order valence-electron chi connectivity index (χ4n) is 3.25. The molecule has 2 aliphatic rings. The lowest BCUT2D eigenvalue weighted by molar-refractivity contribution is -0.122. The number of carbonyl (C=O) groups excluding carboxylic acids is 1. The average Bonchev–Trinajstić information content (AvgIpc) is 2.92. The number of hydrogen-bond donors (Lipinski definition) is 1. The third-order valence-electron chi connectivity index (χ3n) is 4.07. The van der Waals surface area contributed by atoms with E-state index < -0.39 is 0 Å². The van der Waals surface area contributed by atoms with Crippen molar-refractivity contribution >= 4 is 11.6 Å². The SMILES string of the molecule is CC(C)CN1C(=O)C2(CCNC2)c2ccccc21. The van der Waals surface area contributed by atoms with E-state index in [0.717, 1.165) is 31.7 Å². The lowest BCUT2D eigenvalue weighted by Gasteiger charge is -2.24. The molecule has 1 spiro atoms. The molecule has 1 unspecified atom stereocenters. The fourth-order valence-corrected chi connectivity index (χ4v) is 3.25. The zero-order chi connectivity index (χ0) is 12.8. The highest BCUT2D eigenvalue weighted by Gasteiger charge is 2.51. The van der Waals surface area contributed by atoms with Crippen molar-refractivity contribution in [2.75, 3.05) is 24.5 Å². The molecule has 3 rings (SSSR count). The second kappa shape index (κ2) is 4.09. The largest absolute Gasteiger partial charge is 0.315 e. The van der Waals surface area contributed by atoms with E-state index >= 15 is 0 Å². The van der Waals surface area contributed by atoms with Crippen LogP contribution in [0, 0.1) is 5.92 Å². The molecule has 1 amide bonds. The summed E-state index contributed by atoms with van der Waals surface area (Å²) in [5.41, 5.74) is 2.06. The monoisotopic (exact) mass is 244 g/mol. The van der Waals surface area contributed by atoms with Crippen LogP contribution < -0.4 is 10.2 Å².